The molecule has 0 unspecified atom stereocenters. The molecule has 0 N–H and O–H groups in total. The molecule has 2 fully saturated rings. The molecule has 1 atom stereocenters. The fourth-order valence-corrected chi connectivity index (χ4v) is 5.72. The number of benzene rings is 2. The van der Waals surface area contributed by atoms with Crippen molar-refractivity contribution in [3.63, 3.8) is 0 Å². The van der Waals surface area contributed by atoms with Gasteiger partial charge in [0.15, 0.2) is 0 Å². The lowest BCUT2D eigenvalue weighted by Gasteiger charge is -2.38. The number of piperidine rings is 1. The van der Waals surface area contributed by atoms with Crippen LogP contribution in [0.15, 0.2) is 60.7 Å². The lowest BCUT2D eigenvalue weighted by molar-refractivity contribution is -0.139. The summed E-state index contributed by atoms with van der Waals surface area (Å²) in [5.74, 6) is 0.266. The van der Waals surface area contributed by atoms with Gasteiger partial charge in [0.25, 0.3) is 5.91 Å². The van der Waals surface area contributed by atoms with Crippen LogP contribution in [-0.2, 0) is 11.2 Å². The first kappa shape index (κ1) is 23.5. The number of hydrogen-bond donors (Lipinski definition) is 0. The Balaban J connectivity index is 1.30. The quantitative estimate of drug-likeness (QED) is 0.518. The number of fused-ring (bicyclic) bond motifs is 1. The van der Waals surface area contributed by atoms with Gasteiger partial charge in [-0.25, -0.2) is 9.37 Å². The van der Waals surface area contributed by atoms with Gasteiger partial charge in [0, 0.05) is 31.1 Å². The van der Waals surface area contributed by atoms with Gasteiger partial charge in [-0.05, 0) is 61.4 Å². The van der Waals surface area contributed by atoms with Gasteiger partial charge in [-0.15, -0.1) is 0 Å². The number of carbonyl (C=O) groups excluding carboxylic acids is 2. The molecule has 5 nitrogen and oxygen atoms in total. The van der Waals surface area contributed by atoms with Crippen LogP contribution in [0.2, 0.25) is 0 Å². The molecule has 2 saturated heterocycles. The molecule has 2 aliphatic heterocycles. The SMILES string of the molecule is CC(C)CN1C(=O)C2(CCN(C(=O)c3ccc4ccccc4n3)CC2)C[C@H]1Cc1ccc(F)cc1. The van der Waals surface area contributed by atoms with Crippen molar-refractivity contribution in [1.82, 2.24) is 14.8 Å². The monoisotopic (exact) mass is 473 g/mol. The van der Waals surface area contributed by atoms with Crippen LogP contribution in [0.3, 0.4) is 0 Å². The van der Waals surface area contributed by atoms with E-state index in [1.54, 1.807) is 6.07 Å². The molecule has 0 saturated carbocycles. The number of hydrogen-bond acceptors (Lipinski definition) is 3. The molecule has 0 radical (unpaired) electrons. The molecule has 3 aromatic rings. The third-order valence-electron chi connectivity index (χ3n) is 7.55. The maximum Gasteiger partial charge on any atom is 0.272 e. The molecule has 1 spiro atoms. The Kier molecular flexibility index (Phi) is 6.30. The summed E-state index contributed by atoms with van der Waals surface area (Å²) < 4.78 is 13.4. The largest absolute Gasteiger partial charge is 0.339 e. The van der Waals surface area contributed by atoms with E-state index in [-0.39, 0.29) is 23.7 Å². The second-order valence-electron chi connectivity index (χ2n) is 10.5. The lowest BCUT2D eigenvalue weighted by Crippen LogP contribution is -2.47. The highest BCUT2D eigenvalue weighted by Gasteiger charge is 2.52. The number of rotatable bonds is 5. The van der Waals surface area contributed by atoms with Crippen LogP contribution in [0.25, 0.3) is 10.9 Å². The summed E-state index contributed by atoms with van der Waals surface area (Å²) in [5, 5.41) is 1.01. The molecule has 6 heteroatoms. The molecule has 35 heavy (non-hydrogen) atoms. The number of para-hydroxylation sites is 1. The second-order valence-corrected chi connectivity index (χ2v) is 10.5. The van der Waals surface area contributed by atoms with E-state index >= 15 is 0 Å². The Hall–Kier alpha value is -3.28. The molecule has 1 aromatic heterocycles. The van der Waals surface area contributed by atoms with Crippen LogP contribution in [0, 0.1) is 17.2 Å². The topological polar surface area (TPSA) is 53.5 Å². The van der Waals surface area contributed by atoms with Gasteiger partial charge in [-0.1, -0.05) is 50.2 Å². The number of halogens is 1. The lowest BCUT2D eigenvalue weighted by atomic mass is 9.75. The highest BCUT2D eigenvalue weighted by atomic mass is 19.1. The minimum atomic E-state index is -0.423. The maximum absolute atomic E-state index is 13.7. The highest BCUT2D eigenvalue weighted by molar-refractivity contribution is 5.95. The fourth-order valence-electron chi connectivity index (χ4n) is 5.72. The molecule has 5 rings (SSSR count). The fraction of sp³-hybridized carbons (Fsp3) is 0.414. The van der Waals surface area contributed by atoms with Crippen LogP contribution < -0.4 is 0 Å². The van der Waals surface area contributed by atoms with Gasteiger partial charge in [-0.3, -0.25) is 9.59 Å². The van der Waals surface area contributed by atoms with Gasteiger partial charge < -0.3 is 9.80 Å². The zero-order chi connectivity index (χ0) is 24.6. The van der Waals surface area contributed by atoms with Crippen LogP contribution in [0.4, 0.5) is 4.39 Å². The van der Waals surface area contributed by atoms with E-state index in [9.17, 15) is 14.0 Å². The zero-order valence-electron chi connectivity index (χ0n) is 20.4. The minimum Gasteiger partial charge on any atom is -0.339 e. The normalized spacial score (nSPS) is 19.8. The second kappa shape index (κ2) is 9.40. The predicted octanol–water partition coefficient (Wildman–Crippen LogP) is 5.10. The van der Waals surface area contributed by atoms with Crippen LogP contribution >= 0.6 is 0 Å². The van der Waals surface area contributed by atoms with E-state index in [1.807, 2.05) is 47.4 Å². The summed E-state index contributed by atoms with van der Waals surface area (Å²) in [6.07, 6.45) is 2.84. The number of amides is 2. The van der Waals surface area contributed by atoms with Gasteiger partial charge in [0.05, 0.1) is 10.9 Å². The summed E-state index contributed by atoms with van der Waals surface area (Å²) in [5.41, 5.74) is 1.89. The van der Waals surface area contributed by atoms with Crippen LogP contribution in [0.1, 0.15) is 49.2 Å². The molecule has 182 valence electrons. The average molecular weight is 474 g/mol. The molecular weight excluding hydrogens is 441 g/mol. The summed E-state index contributed by atoms with van der Waals surface area (Å²) in [4.78, 5) is 35.4. The van der Waals surface area contributed by atoms with Crippen LogP contribution in [0.5, 0.6) is 0 Å². The number of likely N-dealkylation sites (tertiary alicyclic amines) is 2. The Morgan fingerprint density at radius 1 is 1.06 bits per heavy atom. The number of pyridine rings is 1. The molecule has 0 aliphatic carbocycles. The van der Waals surface area contributed by atoms with Crippen molar-refractivity contribution < 1.29 is 14.0 Å². The van der Waals surface area contributed by atoms with E-state index in [0.717, 1.165) is 35.9 Å². The number of carbonyl (C=O) groups is 2. The molecule has 2 aliphatic rings. The molecular formula is C29H32FN3O2. The van der Waals surface area contributed by atoms with Crippen molar-refractivity contribution >= 4 is 22.7 Å². The van der Waals surface area contributed by atoms with Crippen LogP contribution in [-0.4, -0.2) is 52.3 Å². The molecule has 3 heterocycles. The van der Waals surface area contributed by atoms with E-state index in [2.05, 4.69) is 23.7 Å². The standard InChI is InChI=1S/C29H32FN3O2/c1-20(2)19-33-24(17-21-7-10-23(30)11-8-21)18-29(28(33)35)13-15-32(16-14-29)27(34)26-12-9-22-5-3-4-6-25(22)31-26/h3-12,20,24H,13-19H2,1-2H3/t24-/m1/s1. The minimum absolute atomic E-state index is 0.0713. The van der Waals surface area contributed by atoms with Gasteiger partial charge >= 0.3 is 0 Å². The van der Waals surface area contributed by atoms with Crippen molar-refractivity contribution in [1.29, 1.82) is 0 Å². The summed E-state index contributed by atoms with van der Waals surface area (Å²) in [6.45, 7) is 6.09. The Labute approximate surface area is 205 Å². The van der Waals surface area contributed by atoms with E-state index in [4.69, 9.17) is 0 Å². The third kappa shape index (κ3) is 4.66. The molecule has 2 aromatic carbocycles. The van der Waals surface area contributed by atoms with E-state index < -0.39 is 5.41 Å². The predicted molar refractivity (Wildman–Crippen MR) is 134 cm³/mol. The van der Waals surface area contributed by atoms with Crippen molar-refractivity contribution in [3.05, 3.63) is 77.7 Å². The first-order valence-corrected chi connectivity index (χ1v) is 12.6. The van der Waals surface area contributed by atoms with Crippen molar-refractivity contribution in [2.24, 2.45) is 11.3 Å². The maximum atomic E-state index is 13.7. The smallest absolute Gasteiger partial charge is 0.272 e. The van der Waals surface area contributed by atoms with Gasteiger partial charge in [0.2, 0.25) is 5.91 Å². The Morgan fingerprint density at radius 2 is 1.77 bits per heavy atom. The Morgan fingerprint density at radius 3 is 2.49 bits per heavy atom. The number of nitrogens with zero attached hydrogens (tertiary/aromatic N) is 3. The summed E-state index contributed by atoms with van der Waals surface area (Å²) >= 11 is 0. The van der Waals surface area contributed by atoms with E-state index in [1.165, 1.54) is 12.1 Å². The van der Waals surface area contributed by atoms with Crippen molar-refractivity contribution in [2.75, 3.05) is 19.6 Å². The molecule has 0 bridgehead atoms. The van der Waals surface area contributed by atoms with Gasteiger partial charge in [0.1, 0.15) is 11.5 Å². The summed E-state index contributed by atoms with van der Waals surface area (Å²) in [7, 11) is 0. The van der Waals surface area contributed by atoms with Crippen molar-refractivity contribution in [3.8, 4) is 0 Å². The van der Waals surface area contributed by atoms with Gasteiger partial charge in [-0.2, -0.15) is 0 Å². The zero-order valence-corrected chi connectivity index (χ0v) is 20.4. The first-order chi connectivity index (χ1) is 16.8. The Bertz CT molecular complexity index is 1230. The van der Waals surface area contributed by atoms with E-state index in [0.29, 0.717) is 37.5 Å². The average Bonchev–Trinajstić information content (AvgIpc) is 3.10. The highest BCUT2D eigenvalue weighted by Crippen LogP contribution is 2.45. The van der Waals surface area contributed by atoms with Crippen molar-refractivity contribution in [2.45, 2.75) is 45.6 Å². The number of aromatic nitrogens is 1. The molecule has 2 amide bonds. The third-order valence-corrected chi connectivity index (χ3v) is 7.55. The summed E-state index contributed by atoms with van der Waals surface area (Å²) in [6, 6.07) is 18.2. The first-order valence-electron chi connectivity index (χ1n) is 12.6.